The number of carboxylic acid groups (broad SMARTS) is 1. The minimum atomic E-state index is -8.71. The fourth-order valence-electron chi connectivity index (χ4n) is 1.68. The number of carbonyl (C=O) groups is 2. The number of hydrogen-bond donors (Lipinski definition) is 2. The number of carbonyl (C=O) groups excluding carboxylic acids is 1. The maximum Gasteiger partial charge on any atom is 0.460 e. The smallest absolute Gasteiger partial charge is 0.460 e. The highest BCUT2D eigenvalue weighted by Crippen LogP contribution is 2.64. The molecule has 0 saturated carbocycles. The Morgan fingerprint density at radius 2 is 0.919 bits per heavy atom. The number of ether oxygens (including phenoxy) is 1. The van der Waals surface area contributed by atoms with Crippen LogP contribution in [-0.4, -0.2) is 70.9 Å². The van der Waals surface area contributed by atoms with Gasteiger partial charge in [-0.25, -0.2) is 9.59 Å². The van der Waals surface area contributed by atoms with Gasteiger partial charge in [0.2, 0.25) is 0 Å². The van der Waals surface area contributed by atoms with Crippen LogP contribution in [0, 0.1) is 0 Å². The van der Waals surface area contributed by atoms with Gasteiger partial charge in [0.25, 0.3) is 0 Å². The third kappa shape index (κ3) is 5.91. The Morgan fingerprint density at radius 1 is 0.676 bits per heavy atom. The minimum absolute atomic E-state index is 0.176. The second kappa shape index (κ2) is 10.2. The summed E-state index contributed by atoms with van der Waals surface area (Å²) >= 11 is 0. The van der Waals surface area contributed by atoms with Crippen LogP contribution in [0.1, 0.15) is 13.8 Å². The van der Waals surface area contributed by atoms with E-state index in [9.17, 15) is 84.2 Å². The number of rotatable bonds is 9. The lowest BCUT2D eigenvalue weighted by molar-refractivity contribution is -0.463. The Hall–Kier alpha value is -2.71. The lowest BCUT2D eigenvalue weighted by Crippen LogP contribution is -2.75. The quantitative estimate of drug-likeness (QED) is 0.249. The van der Waals surface area contributed by atoms with E-state index in [-0.39, 0.29) is 5.57 Å². The van der Waals surface area contributed by atoms with Gasteiger partial charge in [-0.1, -0.05) is 6.58 Å². The van der Waals surface area contributed by atoms with Gasteiger partial charge in [0, 0.05) is 5.57 Å². The Labute approximate surface area is 193 Å². The molecule has 0 aromatic heterocycles. The predicted octanol–water partition coefficient (Wildman–Crippen LogP) is 6.13. The monoisotopic (exact) mass is 593 g/mol. The number of alkyl halides is 17. The standard InChI is InChI=1S/C11H6F17NO2.C4H6O2/c1-2(31-3(29)30)4(12,13)5(14,15)6(16,17)7(18,19)8(20,21)9(22,23)10(24,25)11(26,27)28;1-3(2)4(5)6/h2H,1H3,(H2,29,30);1H2,2H3,(H,5,6). The van der Waals surface area contributed by atoms with Crippen LogP contribution in [0.5, 0.6) is 0 Å². The van der Waals surface area contributed by atoms with Gasteiger partial charge < -0.3 is 15.6 Å². The van der Waals surface area contributed by atoms with E-state index in [4.69, 9.17) is 5.11 Å². The Morgan fingerprint density at radius 3 is 1.14 bits per heavy atom. The van der Waals surface area contributed by atoms with Gasteiger partial charge in [-0.15, -0.1) is 0 Å². The molecule has 5 nitrogen and oxygen atoms in total. The third-order valence-electron chi connectivity index (χ3n) is 3.91. The number of hydrogen-bond acceptors (Lipinski definition) is 3. The minimum Gasteiger partial charge on any atom is -0.478 e. The molecule has 1 atom stereocenters. The van der Waals surface area contributed by atoms with Crippen molar-refractivity contribution in [1.82, 2.24) is 0 Å². The van der Waals surface area contributed by atoms with E-state index >= 15 is 0 Å². The van der Waals surface area contributed by atoms with Crippen molar-refractivity contribution in [3.8, 4) is 0 Å². The third-order valence-corrected chi connectivity index (χ3v) is 3.91. The molecule has 0 aliphatic carbocycles. The van der Waals surface area contributed by atoms with E-state index in [1.54, 1.807) is 0 Å². The largest absolute Gasteiger partial charge is 0.478 e. The highest BCUT2D eigenvalue weighted by atomic mass is 19.4. The topological polar surface area (TPSA) is 89.6 Å². The first kappa shape index (κ1) is 36.4. The average Bonchev–Trinajstić information content (AvgIpc) is 2.65. The predicted molar refractivity (Wildman–Crippen MR) is 83.3 cm³/mol. The lowest BCUT2D eigenvalue weighted by Gasteiger charge is -2.43. The van der Waals surface area contributed by atoms with Gasteiger partial charge in [0.05, 0.1) is 0 Å². The van der Waals surface area contributed by atoms with E-state index in [1.807, 2.05) is 0 Å². The molecule has 0 aliphatic heterocycles. The van der Waals surface area contributed by atoms with Gasteiger partial charge in [-0.05, 0) is 13.8 Å². The Bertz CT molecular complexity index is 853. The van der Waals surface area contributed by atoms with Gasteiger partial charge in [0.1, 0.15) is 0 Å². The molecule has 0 rings (SSSR count). The van der Waals surface area contributed by atoms with Gasteiger partial charge in [-0.3, -0.25) is 0 Å². The zero-order valence-corrected chi connectivity index (χ0v) is 17.5. The zero-order chi connectivity index (χ0) is 31.0. The van der Waals surface area contributed by atoms with Crippen LogP contribution in [-0.2, 0) is 9.53 Å². The molecule has 1 amide bonds. The van der Waals surface area contributed by atoms with Gasteiger partial charge in [0.15, 0.2) is 6.10 Å². The summed E-state index contributed by atoms with van der Waals surface area (Å²) in [6.07, 6.45) is -14.2. The molecule has 0 aliphatic rings. The van der Waals surface area contributed by atoms with Crippen LogP contribution in [0.15, 0.2) is 12.2 Å². The first-order valence-electron chi connectivity index (χ1n) is 8.29. The van der Waals surface area contributed by atoms with Gasteiger partial charge in [-0.2, -0.15) is 74.6 Å². The van der Waals surface area contributed by atoms with Crippen molar-refractivity contribution in [3.05, 3.63) is 12.2 Å². The zero-order valence-electron chi connectivity index (χ0n) is 17.5. The molecule has 37 heavy (non-hydrogen) atoms. The van der Waals surface area contributed by atoms with E-state index in [0.29, 0.717) is 0 Å². The second-order valence-electron chi connectivity index (χ2n) is 6.73. The number of nitrogens with two attached hydrogens (primary N) is 1. The van der Waals surface area contributed by atoms with Crippen molar-refractivity contribution < 1.29 is 94.1 Å². The number of amides is 1. The molecule has 220 valence electrons. The van der Waals surface area contributed by atoms with Crippen molar-refractivity contribution in [2.75, 3.05) is 0 Å². The van der Waals surface area contributed by atoms with Crippen LogP contribution < -0.4 is 5.73 Å². The van der Waals surface area contributed by atoms with Crippen LogP contribution in [0.25, 0.3) is 0 Å². The van der Waals surface area contributed by atoms with Gasteiger partial charge >= 0.3 is 59.7 Å². The number of halogens is 17. The summed E-state index contributed by atoms with van der Waals surface area (Å²) in [4.78, 5) is 19.8. The summed E-state index contributed by atoms with van der Waals surface area (Å²) in [7, 11) is 0. The molecule has 0 heterocycles. The summed E-state index contributed by atoms with van der Waals surface area (Å²) in [5.41, 5.74) is 4.23. The van der Waals surface area contributed by atoms with Crippen LogP contribution >= 0.6 is 0 Å². The van der Waals surface area contributed by atoms with E-state index < -0.39 is 72.7 Å². The maximum absolute atomic E-state index is 13.4. The molecule has 0 bridgehead atoms. The highest BCUT2D eigenvalue weighted by Gasteiger charge is 2.95. The van der Waals surface area contributed by atoms with Crippen molar-refractivity contribution in [2.24, 2.45) is 5.73 Å². The van der Waals surface area contributed by atoms with Crippen molar-refractivity contribution in [3.63, 3.8) is 0 Å². The summed E-state index contributed by atoms with van der Waals surface area (Å²) in [6, 6.07) is 0. The van der Waals surface area contributed by atoms with Crippen molar-refractivity contribution in [2.45, 2.75) is 67.6 Å². The molecule has 0 aromatic rings. The molecule has 0 aromatic carbocycles. The summed E-state index contributed by atoms with van der Waals surface area (Å²) in [6.45, 7) is 4.15. The van der Waals surface area contributed by atoms with E-state index in [2.05, 4.69) is 17.0 Å². The fourth-order valence-corrected chi connectivity index (χ4v) is 1.68. The average molecular weight is 593 g/mol. The molecule has 0 fully saturated rings. The SMILES string of the molecule is C=C(C)C(=O)O.CC(OC(N)=O)C(F)(F)C(F)(F)C(F)(F)C(F)(F)C(F)(F)C(F)(F)C(F)(F)C(F)(F)F. The molecule has 1 unspecified atom stereocenters. The fraction of sp³-hybridized carbons (Fsp3) is 0.733. The second-order valence-corrected chi connectivity index (χ2v) is 6.73. The molecule has 3 N–H and O–H groups in total. The van der Waals surface area contributed by atoms with Crippen molar-refractivity contribution >= 4 is 12.1 Å². The highest BCUT2D eigenvalue weighted by molar-refractivity contribution is 5.84. The first-order valence-corrected chi connectivity index (χ1v) is 8.29. The Kier molecular flexibility index (Phi) is 10.1. The first-order chi connectivity index (χ1) is 15.7. The molecule has 0 radical (unpaired) electrons. The maximum atomic E-state index is 13.4. The number of primary amides is 1. The Balaban J connectivity index is 0. The molecule has 22 heteroatoms. The van der Waals surface area contributed by atoms with Crippen LogP contribution in [0.3, 0.4) is 0 Å². The summed E-state index contributed by atoms with van der Waals surface area (Å²) in [5, 5.41) is 7.89. The molecule has 0 saturated heterocycles. The molecular formula is C15H12F17NO4. The van der Waals surface area contributed by atoms with E-state index in [0.717, 1.165) is 0 Å². The normalized spacial score (nSPS) is 15.3. The lowest BCUT2D eigenvalue weighted by atomic mass is 9.88. The van der Waals surface area contributed by atoms with Crippen LogP contribution in [0.4, 0.5) is 79.4 Å². The number of carboxylic acids is 1. The van der Waals surface area contributed by atoms with E-state index in [1.165, 1.54) is 6.92 Å². The number of aliphatic carboxylic acids is 1. The summed E-state index contributed by atoms with van der Waals surface area (Å²) in [5.74, 6) is -58.3. The summed E-state index contributed by atoms with van der Waals surface area (Å²) < 4.78 is 223. The van der Waals surface area contributed by atoms with Crippen molar-refractivity contribution in [1.29, 1.82) is 0 Å². The molecular weight excluding hydrogens is 581 g/mol. The molecule has 0 spiro atoms. The van der Waals surface area contributed by atoms with Crippen LogP contribution in [0.2, 0.25) is 0 Å².